The van der Waals surface area contributed by atoms with Crippen LogP contribution in [0.3, 0.4) is 0 Å². The molecule has 0 radical (unpaired) electrons. The van der Waals surface area contributed by atoms with E-state index in [9.17, 15) is 32.4 Å². The van der Waals surface area contributed by atoms with Gasteiger partial charge in [-0.05, 0) is 75.0 Å². The van der Waals surface area contributed by atoms with Crippen LogP contribution in [0, 0.1) is 0 Å². The number of ether oxygens (including phenoxy) is 3. The predicted octanol–water partition coefficient (Wildman–Crippen LogP) is -5.12. The maximum absolute atomic E-state index is 10.6. The fourth-order valence-corrected chi connectivity index (χ4v) is 10.3. The van der Waals surface area contributed by atoms with Crippen LogP contribution in [0.4, 0.5) is 0 Å². The summed E-state index contributed by atoms with van der Waals surface area (Å²) in [4.78, 5) is 51.4. The highest BCUT2D eigenvalue weighted by Gasteiger charge is 2.26. The van der Waals surface area contributed by atoms with Crippen molar-refractivity contribution >= 4 is 62.9 Å². The van der Waals surface area contributed by atoms with Crippen LogP contribution in [0.25, 0.3) is 0 Å². The number of carbonyl (C=O) groups excluding carboxylic acids is 5. The minimum Gasteiger partial charge on any atom is -0.381 e. The number of hydrogen-bond donors (Lipinski definition) is 14. The molecule has 0 aliphatic carbocycles. The van der Waals surface area contributed by atoms with E-state index in [4.69, 9.17) is 71.5 Å². The van der Waals surface area contributed by atoms with Crippen molar-refractivity contribution in [2.45, 2.75) is 137 Å². The molecule has 10 aliphatic rings. The van der Waals surface area contributed by atoms with Crippen LogP contribution in [0.15, 0.2) is 0 Å². The molecular formula is C42H88N14O10S3. The van der Waals surface area contributed by atoms with Gasteiger partial charge in [0.1, 0.15) is 0 Å². The lowest BCUT2D eigenvalue weighted by Crippen LogP contribution is -2.30. The van der Waals surface area contributed by atoms with Gasteiger partial charge in [-0.1, -0.05) is 0 Å². The molecule has 24 N–H and O–H groups in total. The van der Waals surface area contributed by atoms with Gasteiger partial charge in [0.05, 0.1) is 43.2 Å². The third kappa shape index (κ3) is 36.3. The Morgan fingerprint density at radius 2 is 0.928 bits per heavy atom. The van der Waals surface area contributed by atoms with E-state index < -0.39 is 15.9 Å². The van der Waals surface area contributed by atoms with E-state index in [-0.39, 0.29) is 71.6 Å². The first-order chi connectivity index (χ1) is 32.6. The van der Waals surface area contributed by atoms with Gasteiger partial charge in [0.15, 0.2) is 9.84 Å². The number of nitrogens with one attached hydrogen (secondary N) is 4. The molecule has 0 aromatic rings. The number of amides is 5. The number of carbonyl (C=O) groups is 5. The second kappa shape index (κ2) is 38.3. The molecule has 10 saturated heterocycles. The van der Waals surface area contributed by atoms with Crippen molar-refractivity contribution in [1.29, 1.82) is 0 Å². The van der Waals surface area contributed by atoms with Gasteiger partial charge in [0.25, 0.3) is 0 Å². The number of sulfone groups is 1. The summed E-state index contributed by atoms with van der Waals surface area (Å²) in [5, 5.41) is 9.88. The zero-order valence-electron chi connectivity index (χ0n) is 40.4. The Hall–Kier alpha value is -2.32. The van der Waals surface area contributed by atoms with Crippen LogP contribution in [0.5, 0.6) is 0 Å². The van der Waals surface area contributed by atoms with Gasteiger partial charge in [0, 0.05) is 113 Å². The standard InChI is InChI=1S/C5H11NO.C5H11NS.C4H6N2O2.3C4H8N2O.C4H9NO2S.2C4H9NO.C4H9NS/c2*6-5-1-3-7-4-2-5;5-2-1-3(7)6-4(2)8;2*5-3-1-4(7)6-2-3;5-3-1-2-6-4(3)7;5-4-1-2-8(6,7)3-4;3*5-4-1-2-6-3-4/h2*5H,1-4,6H2;2H,1,5H2,(H,6,7,8);3*3H,1-2,5H2,(H,6,7);4H,1-3,5H2;3*4H,1-3,5H2/t;;;3-;;3-;;2*4-;/m...1.0.10./s1. The highest BCUT2D eigenvalue weighted by Crippen LogP contribution is 2.15. The summed E-state index contributed by atoms with van der Waals surface area (Å²) in [7, 11) is -2.72. The normalized spacial score (nSPS) is 30.8. The van der Waals surface area contributed by atoms with Gasteiger partial charge >= 0.3 is 0 Å². The molecular weight excluding hydrogens is 957 g/mol. The van der Waals surface area contributed by atoms with E-state index in [1.807, 2.05) is 23.5 Å². The van der Waals surface area contributed by atoms with Crippen LogP contribution < -0.4 is 78.6 Å². The SMILES string of the molecule is NC1CC(=O)NC1=O.NC1CCOCC1.NC1CCS(=O)(=O)C1.NC1CCSC1.NC1CCSCC1.NC1CNC(=O)C1.N[C@@H]1CCOC1.N[C@H]1CCNC1=O.N[C@H]1CCOC1.N[C@H]1CNC(=O)C1. The third-order valence-electron chi connectivity index (χ3n) is 10.8. The highest BCUT2D eigenvalue weighted by atomic mass is 32.2. The van der Waals surface area contributed by atoms with E-state index >= 15 is 0 Å². The fraction of sp³-hybridized carbons (Fsp3) is 0.881. The number of nitrogens with two attached hydrogens (primary N) is 10. The number of imide groups is 1. The predicted molar refractivity (Wildman–Crippen MR) is 273 cm³/mol. The average molecular weight is 1050 g/mol. The minimum absolute atomic E-state index is 0.0139. The molecule has 0 saturated carbocycles. The third-order valence-corrected chi connectivity index (χ3v) is 14.8. The first kappa shape index (κ1) is 64.7. The van der Waals surface area contributed by atoms with E-state index in [2.05, 4.69) is 21.3 Å². The van der Waals surface area contributed by atoms with Gasteiger partial charge in [0.2, 0.25) is 29.5 Å². The lowest BCUT2D eigenvalue weighted by Gasteiger charge is -2.16. The van der Waals surface area contributed by atoms with Crippen LogP contribution in [-0.2, 0) is 48.0 Å². The van der Waals surface area contributed by atoms with Crippen molar-refractivity contribution in [2.24, 2.45) is 57.3 Å². The monoisotopic (exact) mass is 1040 g/mol. The largest absolute Gasteiger partial charge is 0.381 e. The summed E-state index contributed by atoms with van der Waals surface area (Å²) in [5.41, 5.74) is 53.9. The molecule has 69 heavy (non-hydrogen) atoms. The number of thioether (sulfide) groups is 2. The Labute approximate surface area is 417 Å². The molecule has 27 heteroatoms. The lowest BCUT2D eigenvalue weighted by atomic mass is 10.1. The summed E-state index contributed by atoms with van der Waals surface area (Å²) < 4.78 is 36.0. The maximum Gasteiger partial charge on any atom is 0.243 e. The quantitative estimate of drug-likeness (QED) is 0.101. The molecule has 10 fully saturated rings. The Balaban J connectivity index is 0.000000384. The molecule has 0 aromatic heterocycles. The van der Waals surface area contributed by atoms with Gasteiger partial charge < -0.3 is 87.5 Å². The van der Waals surface area contributed by atoms with E-state index in [1.165, 1.54) is 42.3 Å². The van der Waals surface area contributed by atoms with E-state index in [0.29, 0.717) is 62.6 Å². The van der Waals surface area contributed by atoms with Crippen LogP contribution in [0.1, 0.15) is 77.0 Å². The van der Waals surface area contributed by atoms with Gasteiger partial charge in [-0.15, -0.1) is 0 Å². The van der Waals surface area contributed by atoms with Gasteiger partial charge in [-0.3, -0.25) is 29.3 Å². The topological polar surface area (TPSA) is 455 Å². The van der Waals surface area contributed by atoms with Gasteiger partial charge in [-0.25, -0.2) is 8.42 Å². The Morgan fingerprint density at radius 3 is 1.07 bits per heavy atom. The molecule has 404 valence electrons. The summed E-state index contributed by atoms with van der Waals surface area (Å²) in [6, 6.07) is 1.27. The molecule has 24 nitrogen and oxygen atoms in total. The summed E-state index contributed by atoms with van der Waals surface area (Å²) >= 11 is 3.98. The van der Waals surface area contributed by atoms with Crippen LogP contribution in [0.2, 0.25) is 0 Å². The molecule has 0 spiro atoms. The second-order valence-electron chi connectivity index (χ2n) is 17.9. The van der Waals surface area contributed by atoms with Crippen LogP contribution in [-0.4, -0.2) is 192 Å². The van der Waals surface area contributed by atoms with Crippen molar-refractivity contribution in [3.63, 3.8) is 0 Å². The Kier molecular flexibility index (Phi) is 35.9. The molecule has 0 bridgehead atoms. The number of rotatable bonds is 0. The lowest BCUT2D eigenvalue weighted by molar-refractivity contribution is -0.125. The first-order valence-electron chi connectivity index (χ1n) is 23.9. The van der Waals surface area contributed by atoms with Crippen molar-refractivity contribution < 1.29 is 46.6 Å². The van der Waals surface area contributed by atoms with Crippen molar-refractivity contribution in [1.82, 2.24) is 21.3 Å². The highest BCUT2D eigenvalue weighted by molar-refractivity contribution is 7.99. The summed E-state index contributed by atoms with van der Waals surface area (Å²) in [5.74, 6) is 4.99. The van der Waals surface area contributed by atoms with Crippen molar-refractivity contribution in [3.05, 3.63) is 0 Å². The molecule has 8 atom stereocenters. The fourth-order valence-electron chi connectivity index (χ4n) is 6.36. The molecule has 4 unspecified atom stereocenters. The zero-order chi connectivity index (χ0) is 51.6. The zero-order valence-corrected chi connectivity index (χ0v) is 42.9. The summed E-state index contributed by atoms with van der Waals surface area (Å²) in [6.07, 6.45) is 10.4. The Morgan fingerprint density at radius 1 is 0.449 bits per heavy atom. The first-order valence-corrected chi connectivity index (χ1v) is 28.1. The Bertz CT molecular complexity index is 1460. The number of hydrogen-bond acceptors (Lipinski definition) is 22. The second-order valence-corrected chi connectivity index (χ2v) is 22.5. The average Bonchev–Trinajstić information content (AvgIpc) is 4.19. The molecule has 5 amide bonds. The maximum atomic E-state index is 10.6. The summed E-state index contributed by atoms with van der Waals surface area (Å²) in [6.45, 7) is 7.03. The smallest absolute Gasteiger partial charge is 0.243 e. The minimum atomic E-state index is -2.72. The van der Waals surface area contributed by atoms with Crippen molar-refractivity contribution in [3.8, 4) is 0 Å². The van der Waals surface area contributed by atoms with E-state index in [1.54, 1.807) is 0 Å². The van der Waals surface area contributed by atoms with Crippen molar-refractivity contribution in [2.75, 3.05) is 93.8 Å². The van der Waals surface area contributed by atoms with Crippen LogP contribution >= 0.6 is 23.5 Å². The van der Waals surface area contributed by atoms with E-state index in [0.717, 1.165) is 78.3 Å². The molecule has 10 aliphatic heterocycles. The molecule has 10 heterocycles. The molecule has 10 rings (SSSR count). The molecule has 0 aromatic carbocycles. The van der Waals surface area contributed by atoms with Gasteiger partial charge in [-0.2, -0.15) is 23.5 Å².